The Labute approximate surface area is 202 Å². The number of rotatable bonds is 4. The lowest BCUT2D eigenvalue weighted by Gasteiger charge is -2.37. The molecule has 8 nitrogen and oxygen atoms in total. The highest BCUT2D eigenvalue weighted by Gasteiger charge is 2.31. The first-order valence-electron chi connectivity index (χ1n) is 10.0. The third-order valence-corrected chi connectivity index (χ3v) is 5.92. The van der Waals surface area contributed by atoms with Gasteiger partial charge >= 0.3 is 6.09 Å². The molecule has 0 aliphatic carbocycles. The summed E-state index contributed by atoms with van der Waals surface area (Å²) in [6.45, 7) is 7.21. The lowest BCUT2D eigenvalue weighted by molar-refractivity contribution is -0.134. The minimum absolute atomic E-state index is 0.195. The Bertz CT molecular complexity index is 906. The molecule has 2 rings (SSSR count). The van der Waals surface area contributed by atoms with Gasteiger partial charge in [0, 0.05) is 42.6 Å². The number of hydrogen-bond acceptors (Lipinski definition) is 6. The molecule has 1 atom stereocenters. The minimum Gasteiger partial charge on any atom is -0.444 e. The van der Waals surface area contributed by atoms with Crippen LogP contribution < -0.4 is 5.32 Å². The van der Waals surface area contributed by atoms with Crippen LogP contribution in [-0.4, -0.2) is 71.0 Å². The molecule has 0 radical (unpaired) electrons. The van der Waals surface area contributed by atoms with Crippen LogP contribution in [0.5, 0.6) is 0 Å². The van der Waals surface area contributed by atoms with Crippen molar-refractivity contribution >= 4 is 52.1 Å². The summed E-state index contributed by atoms with van der Waals surface area (Å²) in [6, 6.07) is 4.17. The molecule has 0 aromatic heterocycles. The van der Waals surface area contributed by atoms with Gasteiger partial charge in [0.25, 0.3) is 0 Å². The summed E-state index contributed by atoms with van der Waals surface area (Å²) < 4.78 is 5.35. The van der Waals surface area contributed by atoms with E-state index < -0.39 is 17.7 Å². The molecule has 11 heteroatoms. The van der Waals surface area contributed by atoms with Gasteiger partial charge in [-0.1, -0.05) is 41.0 Å². The zero-order valence-corrected chi connectivity index (χ0v) is 20.9. The Morgan fingerprint density at radius 2 is 1.88 bits per heavy atom. The molecule has 2 amide bonds. The monoisotopic (exact) mass is 499 g/mol. The van der Waals surface area contributed by atoms with Gasteiger partial charge < -0.3 is 19.9 Å². The zero-order valence-electron chi connectivity index (χ0n) is 18.5. The molecule has 1 heterocycles. The number of carbonyl (C=O) groups excluding carboxylic acids is 2. The van der Waals surface area contributed by atoms with Crippen molar-refractivity contribution in [2.75, 3.05) is 32.4 Å². The van der Waals surface area contributed by atoms with Gasteiger partial charge in [0.05, 0.1) is 0 Å². The van der Waals surface area contributed by atoms with Crippen LogP contribution in [0.3, 0.4) is 0 Å². The standard InChI is InChI=1S/C21H27Cl2N5O3S/c1-21(2,3)31-20(30)26-17(11-14-5-6-15(22)12-16(14)23)18(29)27-7-9-28(10-8-27)19(32-4)25-13-24/h5-6,12,17H,7-11H2,1-4H3,(H,26,30). The average Bonchev–Trinajstić information content (AvgIpc) is 2.71. The number of carbonyl (C=O) groups is 2. The second-order valence-electron chi connectivity index (χ2n) is 8.15. The number of nitrogens with one attached hydrogen (secondary N) is 1. The first-order valence-corrected chi connectivity index (χ1v) is 12.0. The van der Waals surface area contributed by atoms with Crippen LogP contribution in [0.2, 0.25) is 10.0 Å². The molecule has 174 valence electrons. The number of amidine groups is 1. The molecule has 1 saturated heterocycles. The number of thioether (sulfide) groups is 1. The molecule has 1 aliphatic rings. The second-order valence-corrected chi connectivity index (χ2v) is 9.77. The molecular formula is C21H27Cl2N5O3S. The molecule has 1 aromatic rings. The van der Waals surface area contributed by atoms with Crippen LogP contribution in [0.1, 0.15) is 26.3 Å². The lowest BCUT2D eigenvalue weighted by Crippen LogP contribution is -2.56. The van der Waals surface area contributed by atoms with E-state index in [2.05, 4.69) is 10.3 Å². The van der Waals surface area contributed by atoms with E-state index in [1.807, 2.05) is 11.2 Å². The number of halogens is 2. The summed E-state index contributed by atoms with van der Waals surface area (Å²) in [5.74, 6) is -0.232. The molecule has 1 aliphatic heterocycles. The number of aliphatic imine (C=N–C) groups is 1. The van der Waals surface area contributed by atoms with E-state index in [1.54, 1.807) is 50.1 Å². The maximum Gasteiger partial charge on any atom is 0.408 e. The van der Waals surface area contributed by atoms with Gasteiger partial charge in [0.15, 0.2) is 5.17 Å². The Hall–Kier alpha value is -2.15. The van der Waals surface area contributed by atoms with Crippen molar-refractivity contribution in [3.05, 3.63) is 33.8 Å². The number of benzene rings is 1. The number of ether oxygens (including phenoxy) is 1. The van der Waals surface area contributed by atoms with Gasteiger partial charge in [-0.05, 0) is 44.7 Å². The molecule has 1 aromatic carbocycles. The smallest absolute Gasteiger partial charge is 0.408 e. The summed E-state index contributed by atoms with van der Waals surface area (Å²) in [5.41, 5.74) is -0.00913. The summed E-state index contributed by atoms with van der Waals surface area (Å²) in [6.07, 6.45) is 3.18. The highest BCUT2D eigenvalue weighted by molar-refractivity contribution is 8.13. The number of nitrogens with zero attached hydrogens (tertiary/aromatic N) is 4. The molecule has 1 unspecified atom stereocenters. The topological polar surface area (TPSA) is 98.0 Å². The fraction of sp³-hybridized carbons (Fsp3) is 0.524. The van der Waals surface area contributed by atoms with Crippen molar-refractivity contribution in [2.24, 2.45) is 4.99 Å². The highest BCUT2D eigenvalue weighted by Crippen LogP contribution is 2.23. The number of alkyl carbamates (subject to hydrolysis) is 1. The highest BCUT2D eigenvalue weighted by atomic mass is 35.5. The van der Waals surface area contributed by atoms with Gasteiger partial charge in [0.1, 0.15) is 11.6 Å². The maximum atomic E-state index is 13.3. The summed E-state index contributed by atoms with van der Waals surface area (Å²) in [7, 11) is 0. The molecule has 32 heavy (non-hydrogen) atoms. The Kier molecular flexibility index (Phi) is 9.49. The van der Waals surface area contributed by atoms with Crippen molar-refractivity contribution in [2.45, 2.75) is 38.8 Å². The third-order valence-electron chi connectivity index (χ3n) is 4.62. The van der Waals surface area contributed by atoms with E-state index in [9.17, 15) is 9.59 Å². The minimum atomic E-state index is -0.858. The van der Waals surface area contributed by atoms with Crippen molar-refractivity contribution < 1.29 is 14.3 Å². The predicted octanol–water partition coefficient (Wildman–Crippen LogP) is 3.77. The van der Waals surface area contributed by atoms with Crippen LogP contribution in [0, 0.1) is 11.5 Å². The Morgan fingerprint density at radius 3 is 2.41 bits per heavy atom. The lowest BCUT2D eigenvalue weighted by atomic mass is 10.0. The van der Waals surface area contributed by atoms with E-state index in [0.29, 0.717) is 47.0 Å². The van der Waals surface area contributed by atoms with E-state index >= 15 is 0 Å². The molecular weight excluding hydrogens is 473 g/mol. The van der Waals surface area contributed by atoms with Crippen LogP contribution >= 0.6 is 35.0 Å². The van der Waals surface area contributed by atoms with Crippen LogP contribution in [-0.2, 0) is 16.0 Å². The van der Waals surface area contributed by atoms with Gasteiger partial charge in [-0.15, -0.1) is 4.99 Å². The number of amides is 2. The Morgan fingerprint density at radius 1 is 1.25 bits per heavy atom. The van der Waals surface area contributed by atoms with E-state index in [-0.39, 0.29) is 12.3 Å². The fourth-order valence-corrected chi connectivity index (χ4v) is 4.24. The van der Waals surface area contributed by atoms with Crippen molar-refractivity contribution in [1.82, 2.24) is 15.1 Å². The number of piperazine rings is 1. The molecule has 0 saturated carbocycles. The van der Waals surface area contributed by atoms with Gasteiger partial charge in [-0.3, -0.25) is 4.79 Å². The summed E-state index contributed by atoms with van der Waals surface area (Å²) in [5, 5.41) is 13.1. The quantitative estimate of drug-likeness (QED) is 0.384. The number of nitriles is 1. The van der Waals surface area contributed by atoms with E-state index in [4.69, 9.17) is 33.2 Å². The predicted molar refractivity (Wildman–Crippen MR) is 128 cm³/mol. The van der Waals surface area contributed by atoms with Crippen LogP contribution in [0.15, 0.2) is 23.2 Å². The SMILES string of the molecule is CSC(=NC#N)N1CCN(C(=O)C(Cc2ccc(Cl)cc2Cl)NC(=O)OC(C)(C)C)CC1. The van der Waals surface area contributed by atoms with Crippen molar-refractivity contribution in [1.29, 1.82) is 5.26 Å². The van der Waals surface area contributed by atoms with Crippen molar-refractivity contribution in [3.63, 3.8) is 0 Å². The molecule has 1 N–H and O–H groups in total. The molecule has 0 bridgehead atoms. The summed E-state index contributed by atoms with van der Waals surface area (Å²) >= 11 is 13.7. The largest absolute Gasteiger partial charge is 0.444 e. The van der Waals surface area contributed by atoms with Crippen molar-refractivity contribution in [3.8, 4) is 6.19 Å². The van der Waals surface area contributed by atoms with Gasteiger partial charge in [-0.25, -0.2) is 4.79 Å². The number of hydrogen-bond donors (Lipinski definition) is 1. The molecule has 0 spiro atoms. The van der Waals surface area contributed by atoms with E-state index in [0.717, 1.165) is 0 Å². The first kappa shape index (κ1) is 26.1. The Balaban J connectivity index is 2.15. The second kappa shape index (κ2) is 11.6. The zero-order chi connectivity index (χ0) is 23.9. The van der Waals surface area contributed by atoms with Gasteiger partial charge in [0.2, 0.25) is 12.1 Å². The summed E-state index contributed by atoms with van der Waals surface area (Å²) in [4.78, 5) is 33.2. The maximum absolute atomic E-state index is 13.3. The van der Waals surface area contributed by atoms with Crippen LogP contribution in [0.25, 0.3) is 0 Å². The van der Waals surface area contributed by atoms with Gasteiger partial charge in [-0.2, -0.15) is 5.26 Å². The first-order chi connectivity index (χ1) is 15.0. The third kappa shape index (κ3) is 7.76. The average molecular weight is 500 g/mol. The fourth-order valence-electron chi connectivity index (χ4n) is 3.18. The van der Waals surface area contributed by atoms with Crippen LogP contribution in [0.4, 0.5) is 4.79 Å². The van der Waals surface area contributed by atoms with E-state index in [1.165, 1.54) is 11.8 Å². The normalized spacial score (nSPS) is 15.7. The molecule has 1 fully saturated rings.